The first-order valence-corrected chi connectivity index (χ1v) is 8.34. The molecular weight excluding hydrogens is 350 g/mol. The zero-order chi connectivity index (χ0) is 19.9. The molecule has 2 N–H and O–H groups in total. The summed E-state index contributed by atoms with van der Waals surface area (Å²) in [4.78, 5) is 34.5. The highest BCUT2D eigenvalue weighted by atomic mass is 16.6. The molecule has 2 amide bonds. The van der Waals surface area contributed by atoms with E-state index in [9.17, 15) is 19.7 Å². The van der Waals surface area contributed by atoms with Crippen LogP contribution in [0.25, 0.3) is 11.3 Å². The van der Waals surface area contributed by atoms with Gasteiger partial charge in [-0.2, -0.15) is 0 Å². The number of amides is 2. The number of carbonyl (C=O) groups excluding carboxylic acids is 2. The van der Waals surface area contributed by atoms with Gasteiger partial charge >= 0.3 is 6.03 Å². The molecule has 140 valence electrons. The lowest BCUT2D eigenvalue weighted by atomic mass is 9.97. The molecule has 2 heterocycles. The summed E-state index contributed by atoms with van der Waals surface area (Å²) in [5.74, 6) is 0.749. The zero-order valence-electron chi connectivity index (χ0n) is 15.4. The Balaban J connectivity index is 2.04. The summed E-state index contributed by atoms with van der Waals surface area (Å²) in [5, 5.41) is 16.4. The first kappa shape index (κ1) is 18.4. The average molecular weight is 369 g/mol. The molecule has 1 aromatic carbocycles. The average Bonchev–Trinajstić information content (AvgIpc) is 3.04. The summed E-state index contributed by atoms with van der Waals surface area (Å²) in [7, 11) is 0. The second-order valence-electron chi connectivity index (χ2n) is 6.54. The van der Waals surface area contributed by atoms with Gasteiger partial charge in [0.25, 0.3) is 5.69 Å². The van der Waals surface area contributed by atoms with Crippen LogP contribution in [0.5, 0.6) is 0 Å². The van der Waals surface area contributed by atoms with E-state index in [-0.39, 0.29) is 11.5 Å². The maximum absolute atomic E-state index is 12.0. The maximum atomic E-state index is 12.0. The third-order valence-corrected chi connectivity index (χ3v) is 4.56. The van der Waals surface area contributed by atoms with Gasteiger partial charge in [0.05, 0.1) is 4.92 Å². The molecule has 1 atom stereocenters. The number of ketones is 1. The fraction of sp³-hybridized carbons (Fsp3) is 0.263. The van der Waals surface area contributed by atoms with Crippen LogP contribution in [-0.4, -0.2) is 16.7 Å². The van der Waals surface area contributed by atoms with E-state index in [1.54, 1.807) is 39.0 Å². The van der Waals surface area contributed by atoms with Crippen LogP contribution in [0.1, 0.15) is 36.8 Å². The first-order chi connectivity index (χ1) is 12.7. The Morgan fingerprint density at radius 3 is 2.52 bits per heavy atom. The number of allylic oxidation sites excluding steroid dienone is 1. The molecule has 0 saturated heterocycles. The van der Waals surface area contributed by atoms with Gasteiger partial charge in [0.2, 0.25) is 0 Å². The van der Waals surface area contributed by atoms with Crippen LogP contribution >= 0.6 is 0 Å². The molecule has 8 nitrogen and oxygen atoms in total. The van der Waals surface area contributed by atoms with E-state index in [2.05, 4.69) is 10.6 Å². The van der Waals surface area contributed by atoms with Crippen molar-refractivity contribution in [1.82, 2.24) is 10.6 Å². The van der Waals surface area contributed by atoms with Crippen LogP contribution in [0, 0.1) is 24.0 Å². The van der Waals surface area contributed by atoms with Gasteiger partial charge in [-0.15, -0.1) is 0 Å². The van der Waals surface area contributed by atoms with Gasteiger partial charge in [-0.3, -0.25) is 14.9 Å². The van der Waals surface area contributed by atoms with Gasteiger partial charge < -0.3 is 15.1 Å². The fourth-order valence-electron chi connectivity index (χ4n) is 3.29. The minimum atomic E-state index is -0.690. The second-order valence-corrected chi connectivity index (χ2v) is 6.54. The summed E-state index contributed by atoms with van der Waals surface area (Å²) in [6.07, 6.45) is 0. The number of urea groups is 1. The number of benzene rings is 1. The molecule has 0 bridgehead atoms. The van der Waals surface area contributed by atoms with E-state index < -0.39 is 17.0 Å². The van der Waals surface area contributed by atoms with E-state index in [0.717, 1.165) is 5.56 Å². The lowest BCUT2D eigenvalue weighted by Crippen LogP contribution is -2.44. The number of furan rings is 1. The molecule has 1 aromatic heterocycles. The summed E-state index contributed by atoms with van der Waals surface area (Å²) in [5.41, 5.74) is 2.89. The molecule has 0 fully saturated rings. The van der Waals surface area contributed by atoms with Crippen molar-refractivity contribution >= 4 is 17.5 Å². The van der Waals surface area contributed by atoms with Crippen molar-refractivity contribution in [3.8, 4) is 11.3 Å². The van der Waals surface area contributed by atoms with Gasteiger partial charge in [0, 0.05) is 28.5 Å². The molecule has 3 rings (SSSR count). The predicted octanol–water partition coefficient (Wildman–Crippen LogP) is 3.69. The van der Waals surface area contributed by atoms with Crippen molar-refractivity contribution in [2.24, 2.45) is 0 Å². The molecule has 1 aliphatic rings. The third-order valence-electron chi connectivity index (χ3n) is 4.56. The number of nitro groups is 1. The quantitative estimate of drug-likeness (QED) is 0.630. The number of carbonyl (C=O) groups is 2. The van der Waals surface area contributed by atoms with Gasteiger partial charge in [-0.1, -0.05) is 0 Å². The Hall–Kier alpha value is -3.42. The molecular formula is C19H19N3O5. The minimum absolute atomic E-state index is 0.0473. The van der Waals surface area contributed by atoms with Crippen LogP contribution in [0.4, 0.5) is 10.5 Å². The highest BCUT2D eigenvalue weighted by Crippen LogP contribution is 2.35. The predicted molar refractivity (Wildman–Crippen MR) is 98.1 cm³/mol. The molecule has 27 heavy (non-hydrogen) atoms. The summed E-state index contributed by atoms with van der Waals surface area (Å²) in [6, 6.07) is 5.52. The van der Waals surface area contributed by atoms with Gasteiger partial charge in [0.1, 0.15) is 17.6 Å². The zero-order valence-corrected chi connectivity index (χ0v) is 15.4. The number of rotatable bonds is 4. The Labute approximate surface area is 155 Å². The number of Topliss-reactive ketones (excluding diaryl/α,β-unsaturated/α-hetero) is 1. The lowest BCUT2D eigenvalue weighted by Gasteiger charge is -2.26. The Morgan fingerprint density at radius 2 is 1.89 bits per heavy atom. The largest absolute Gasteiger partial charge is 0.459 e. The van der Waals surface area contributed by atoms with Crippen LogP contribution in [0.15, 0.2) is 40.0 Å². The number of hydrogen-bond acceptors (Lipinski definition) is 5. The van der Waals surface area contributed by atoms with Gasteiger partial charge in [-0.05, 0) is 51.5 Å². The topological polar surface area (TPSA) is 114 Å². The van der Waals surface area contributed by atoms with Crippen LogP contribution < -0.4 is 10.6 Å². The van der Waals surface area contributed by atoms with E-state index in [1.165, 1.54) is 13.0 Å². The summed E-state index contributed by atoms with van der Waals surface area (Å²) < 4.78 is 5.92. The molecule has 2 aromatic rings. The van der Waals surface area contributed by atoms with Crippen LogP contribution in [0.2, 0.25) is 0 Å². The van der Waals surface area contributed by atoms with Crippen molar-refractivity contribution in [2.45, 2.75) is 33.7 Å². The third kappa shape index (κ3) is 3.33. The maximum Gasteiger partial charge on any atom is 0.319 e. The van der Waals surface area contributed by atoms with Crippen molar-refractivity contribution in [2.75, 3.05) is 0 Å². The SMILES string of the molecule is CC(=O)C1=C(C)NC(=O)N[C@@H]1c1ccc(-c2cc(C)c([N+](=O)[O-])cc2C)o1. The van der Waals surface area contributed by atoms with Crippen molar-refractivity contribution in [3.05, 3.63) is 62.5 Å². The fourth-order valence-corrected chi connectivity index (χ4v) is 3.29. The molecule has 1 aliphatic heterocycles. The van der Waals surface area contributed by atoms with E-state index in [1.807, 2.05) is 0 Å². The summed E-state index contributed by atoms with van der Waals surface area (Å²) in [6.45, 7) is 6.52. The Kier molecular flexibility index (Phi) is 4.57. The van der Waals surface area contributed by atoms with E-state index >= 15 is 0 Å². The molecule has 0 radical (unpaired) electrons. The number of hydrogen-bond donors (Lipinski definition) is 2. The monoisotopic (exact) mass is 369 g/mol. The standard InChI is InChI=1S/C19H19N3O5/c1-9-8-14(22(25)26)10(2)7-13(9)15-5-6-16(27-15)18-17(12(4)23)11(3)20-19(24)21-18/h5-8,18H,1-4H3,(H2,20,21,24)/t18-/m1/s1. The Bertz CT molecular complexity index is 1000. The number of nitro benzene ring substituents is 1. The number of nitrogens with zero attached hydrogens (tertiary/aromatic N) is 1. The second kappa shape index (κ2) is 6.71. The van der Waals surface area contributed by atoms with Crippen molar-refractivity contribution < 1.29 is 18.9 Å². The smallest absolute Gasteiger partial charge is 0.319 e. The molecule has 0 unspecified atom stereocenters. The summed E-state index contributed by atoms with van der Waals surface area (Å²) >= 11 is 0. The molecule has 0 saturated carbocycles. The first-order valence-electron chi connectivity index (χ1n) is 8.34. The van der Waals surface area contributed by atoms with Gasteiger partial charge in [0.15, 0.2) is 5.78 Å². The van der Waals surface area contributed by atoms with Crippen molar-refractivity contribution in [1.29, 1.82) is 0 Å². The number of aryl methyl sites for hydroxylation is 2. The highest BCUT2D eigenvalue weighted by Gasteiger charge is 2.31. The Morgan fingerprint density at radius 1 is 1.19 bits per heavy atom. The van der Waals surface area contributed by atoms with E-state index in [0.29, 0.717) is 33.9 Å². The van der Waals surface area contributed by atoms with Crippen LogP contribution in [0.3, 0.4) is 0 Å². The van der Waals surface area contributed by atoms with Gasteiger partial charge in [-0.25, -0.2) is 4.79 Å². The minimum Gasteiger partial charge on any atom is -0.459 e. The van der Waals surface area contributed by atoms with E-state index in [4.69, 9.17) is 4.42 Å². The lowest BCUT2D eigenvalue weighted by molar-refractivity contribution is -0.385. The van der Waals surface area contributed by atoms with Crippen LogP contribution in [-0.2, 0) is 4.79 Å². The molecule has 0 spiro atoms. The highest BCUT2D eigenvalue weighted by molar-refractivity contribution is 5.98. The number of nitrogens with one attached hydrogen (secondary N) is 2. The molecule has 0 aliphatic carbocycles. The molecule has 8 heteroatoms. The normalized spacial score (nSPS) is 16.7. The van der Waals surface area contributed by atoms with Crippen molar-refractivity contribution in [3.63, 3.8) is 0 Å².